The first-order valence-corrected chi connectivity index (χ1v) is 9.62. The lowest BCUT2D eigenvalue weighted by Gasteiger charge is -2.06. The first-order valence-electron chi connectivity index (χ1n) is 8.64. The third-order valence-corrected chi connectivity index (χ3v) is 5.33. The van der Waals surface area contributed by atoms with Crippen LogP contribution < -0.4 is 0 Å². The monoisotopic (exact) mass is 387 g/mol. The van der Waals surface area contributed by atoms with Crippen molar-refractivity contribution in [3.63, 3.8) is 0 Å². The van der Waals surface area contributed by atoms with Crippen LogP contribution in [0.25, 0.3) is 11.0 Å². The van der Waals surface area contributed by atoms with Gasteiger partial charge < -0.3 is 13.7 Å². The predicted octanol–water partition coefficient (Wildman–Crippen LogP) is 3.30. The van der Waals surface area contributed by atoms with Crippen molar-refractivity contribution < 1.29 is 18.7 Å². The third-order valence-electron chi connectivity index (χ3n) is 4.28. The van der Waals surface area contributed by atoms with Crippen molar-refractivity contribution in [1.29, 1.82) is 0 Å². The number of fused-ring (bicyclic) bond motifs is 1. The fourth-order valence-electron chi connectivity index (χ4n) is 2.87. The second-order valence-electron chi connectivity index (χ2n) is 6.06. The Morgan fingerprint density at radius 2 is 2.11 bits per heavy atom. The van der Waals surface area contributed by atoms with E-state index in [1.807, 2.05) is 26.0 Å². The van der Waals surface area contributed by atoms with Crippen LogP contribution in [0, 0.1) is 13.8 Å². The Hall–Kier alpha value is -2.61. The normalized spacial score (nSPS) is 11.1. The number of ether oxygens (including phenoxy) is 1. The Kier molecular flexibility index (Phi) is 5.95. The van der Waals surface area contributed by atoms with E-state index in [0.717, 1.165) is 33.1 Å². The lowest BCUT2D eigenvalue weighted by molar-refractivity contribution is -0.145. The molecule has 0 aromatic carbocycles. The molecule has 0 aliphatic rings. The highest BCUT2D eigenvalue weighted by Gasteiger charge is 2.19. The van der Waals surface area contributed by atoms with E-state index in [9.17, 15) is 9.59 Å². The van der Waals surface area contributed by atoms with Gasteiger partial charge >= 0.3 is 5.97 Å². The maximum absolute atomic E-state index is 12.0. The first kappa shape index (κ1) is 19.2. The molecule has 7 nitrogen and oxygen atoms in total. The minimum Gasteiger partial charge on any atom is -0.467 e. The third kappa shape index (κ3) is 4.21. The van der Waals surface area contributed by atoms with E-state index in [-0.39, 0.29) is 24.6 Å². The van der Waals surface area contributed by atoms with Gasteiger partial charge in [-0.15, -0.1) is 0 Å². The molecule has 0 spiro atoms. The topological polar surface area (TPSA) is 87.2 Å². The lowest BCUT2D eigenvalue weighted by Crippen LogP contribution is -2.12. The van der Waals surface area contributed by atoms with Crippen LogP contribution in [-0.4, -0.2) is 38.6 Å². The van der Waals surface area contributed by atoms with Crippen molar-refractivity contribution in [3.8, 4) is 0 Å². The van der Waals surface area contributed by atoms with E-state index in [2.05, 4.69) is 14.5 Å². The Morgan fingerprint density at radius 1 is 1.30 bits per heavy atom. The molecule has 3 rings (SSSR count). The highest BCUT2D eigenvalue weighted by Crippen LogP contribution is 2.31. The number of nitrogens with zero attached hydrogens (tertiary/aromatic N) is 3. The van der Waals surface area contributed by atoms with Crippen molar-refractivity contribution in [2.75, 3.05) is 12.4 Å². The Morgan fingerprint density at radius 3 is 2.81 bits per heavy atom. The standard InChI is InChI=1S/C19H21N3O4S/c1-4-25-16(24)8-14(23)10-27-19-17-12(2)13(3)22(18(17)20-11-21-19)9-15-6-5-7-26-15/h5-7,11H,4,8-10H2,1-3H3. The zero-order valence-corrected chi connectivity index (χ0v) is 16.3. The van der Waals surface area contributed by atoms with Crippen LogP contribution in [0.1, 0.15) is 30.4 Å². The van der Waals surface area contributed by atoms with Gasteiger partial charge in [-0.25, -0.2) is 9.97 Å². The van der Waals surface area contributed by atoms with E-state index in [4.69, 9.17) is 9.15 Å². The van der Waals surface area contributed by atoms with Gasteiger partial charge in [-0.2, -0.15) is 0 Å². The Labute approximate surface area is 161 Å². The number of aromatic nitrogens is 3. The summed E-state index contributed by atoms with van der Waals surface area (Å²) in [7, 11) is 0. The van der Waals surface area contributed by atoms with Gasteiger partial charge in [-0.05, 0) is 38.5 Å². The molecule has 0 bridgehead atoms. The minimum absolute atomic E-state index is 0.160. The molecule has 0 radical (unpaired) electrons. The van der Waals surface area contributed by atoms with E-state index in [1.54, 1.807) is 13.2 Å². The molecule has 0 unspecified atom stereocenters. The van der Waals surface area contributed by atoms with Crippen molar-refractivity contribution >= 4 is 34.5 Å². The van der Waals surface area contributed by atoms with Crippen LogP contribution in [-0.2, 0) is 20.9 Å². The number of carbonyl (C=O) groups excluding carboxylic acids is 2. The second kappa shape index (κ2) is 8.39. The molecule has 3 heterocycles. The number of furan rings is 1. The lowest BCUT2D eigenvalue weighted by atomic mass is 10.2. The van der Waals surface area contributed by atoms with Crippen LogP contribution >= 0.6 is 11.8 Å². The highest BCUT2D eigenvalue weighted by atomic mass is 32.2. The summed E-state index contributed by atoms with van der Waals surface area (Å²) in [5.74, 6) is 0.321. The summed E-state index contributed by atoms with van der Waals surface area (Å²) in [5.41, 5.74) is 2.94. The molecule has 0 aliphatic carbocycles. The van der Waals surface area contributed by atoms with Crippen LogP contribution in [0.2, 0.25) is 0 Å². The number of esters is 1. The largest absolute Gasteiger partial charge is 0.467 e. The summed E-state index contributed by atoms with van der Waals surface area (Å²) in [6.07, 6.45) is 2.93. The molecule has 0 N–H and O–H groups in total. The number of carbonyl (C=O) groups is 2. The fraction of sp³-hybridized carbons (Fsp3) is 0.368. The fourth-order valence-corrected chi connectivity index (χ4v) is 3.78. The summed E-state index contributed by atoms with van der Waals surface area (Å²) in [4.78, 5) is 32.3. The molecule has 142 valence electrons. The second-order valence-corrected chi connectivity index (χ2v) is 7.03. The van der Waals surface area contributed by atoms with E-state index in [0.29, 0.717) is 6.54 Å². The van der Waals surface area contributed by atoms with Crippen LogP contribution in [0.5, 0.6) is 0 Å². The first-order chi connectivity index (χ1) is 13.0. The van der Waals surface area contributed by atoms with Crippen molar-refractivity contribution in [2.45, 2.75) is 38.8 Å². The molecule has 0 atom stereocenters. The molecule has 3 aromatic heterocycles. The van der Waals surface area contributed by atoms with Gasteiger partial charge in [0.05, 0.1) is 30.6 Å². The molecule has 8 heteroatoms. The zero-order chi connectivity index (χ0) is 19.4. The Bertz CT molecular complexity index is 963. The molecule has 3 aromatic rings. The van der Waals surface area contributed by atoms with Crippen molar-refractivity contribution in [2.24, 2.45) is 0 Å². The number of ketones is 1. The zero-order valence-electron chi connectivity index (χ0n) is 15.5. The smallest absolute Gasteiger partial charge is 0.313 e. The van der Waals surface area contributed by atoms with E-state index >= 15 is 0 Å². The minimum atomic E-state index is -0.493. The molecule has 0 saturated carbocycles. The average Bonchev–Trinajstić information content (AvgIpc) is 3.23. The Balaban J connectivity index is 1.83. The summed E-state index contributed by atoms with van der Waals surface area (Å²) < 4.78 is 12.4. The van der Waals surface area contributed by atoms with Gasteiger partial charge in [0.15, 0.2) is 5.78 Å². The summed E-state index contributed by atoms with van der Waals surface area (Å²) in [5, 5.41) is 1.66. The summed E-state index contributed by atoms with van der Waals surface area (Å²) in [6.45, 7) is 6.61. The van der Waals surface area contributed by atoms with E-state index < -0.39 is 5.97 Å². The number of thioether (sulfide) groups is 1. The van der Waals surface area contributed by atoms with Gasteiger partial charge in [0, 0.05) is 5.69 Å². The van der Waals surface area contributed by atoms with Crippen LogP contribution in [0.3, 0.4) is 0 Å². The van der Waals surface area contributed by atoms with E-state index in [1.165, 1.54) is 18.1 Å². The van der Waals surface area contributed by atoms with Gasteiger partial charge in [0.1, 0.15) is 29.2 Å². The highest BCUT2D eigenvalue weighted by molar-refractivity contribution is 8.00. The van der Waals surface area contributed by atoms with Crippen molar-refractivity contribution in [1.82, 2.24) is 14.5 Å². The molecule has 0 fully saturated rings. The van der Waals surface area contributed by atoms with Crippen LogP contribution in [0.4, 0.5) is 0 Å². The molecule has 27 heavy (non-hydrogen) atoms. The number of aryl methyl sites for hydroxylation is 1. The van der Waals surface area contributed by atoms with Crippen molar-refractivity contribution in [3.05, 3.63) is 41.7 Å². The van der Waals surface area contributed by atoms with Gasteiger partial charge in [-0.1, -0.05) is 11.8 Å². The van der Waals surface area contributed by atoms with Gasteiger partial charge in [0.2, 0.25) is 0 Å². The van der Waals surface area contributed by atoms with Gasteiger partial charge in [0.25, 0.3) is 0 Å². The molecular formula is C19H21N3O4S. The number of hydrogen-bond donors (Lipinski definition) is 0. The molecule has 0 amide bonds. The average molecular weight is 387 g/mol. The SMILES string of the molecule is CCOC(=O)CC(=O)CSc1ncnc2c1c(C)c(C)n2Cc1ccco1. The predicted molar refractivity (Wildman–Crippen MR) is 102 cm³/mol. The molecule has 0 aliphatic heterocycles. The summed E-state index contributed by atoms with van der Waals surface area (Å²) in [6, 6.07) is 3.78. The van der Waals surface area contributed by atoms with Gasteiger partial charge in [-0.3, -0.25) is 9.59 Å². The number of rotatable bonds is 8. The molecule has 0 saturated heterocycles. The maximum Gasteiger partial charge on any atom is 0.313 e. The molecular weight excluding hydrogens is 366 g/mol. The number of hydrogen-bond acceptors (Lipinski definition) is 7. The quantitative estimate of drug-likeness (QED) is 0.254. The van der Waals surface area contributed by atoms with Crippen LogP contribution in [0.15, 0.2) is 34.2 Å². The maximum atomic E-state index is 12.0. The summed E-state index contributed by atoms with van der Waals surface area (Å²) >= 11 is 1.32. The number of Topliss-reactive ketones (excluding diaryl/α,β-unsaturated/α-hetero) is 1.